The van der Waals surface area contributed by atoms with E-state index in [9.17, 15) is 40.2 Å². The summed E-state index contributed by atoms with van der Waals surface area (Å²) in [4.78, 5) is 25.7. The number of nitrogens with one attached hydrogen (secondary N) is 1. The fourth-order valence-corrected chi connectivity index (χ4v) is 4.07. The summed E-state index contributed by atoms with van der Waals surface area (Å²) in [6.07, 6.45) is -10.9. The zero-order chi connectivity index (χ0) is 27.7. The van der Waals surface area contributed by atoms with Gasteiger partial charge in [0.05, 0.1) is 25.4 Å². The quantitative estimate of drug-likeness (QED) is 0.116. The number of aliphatic hydroxyl groups is 6. The Labute approximate surface area is 216 Å². The summed E-state index contributed by atoms with van der Waals surface area (Å²) in [5.74, 6) is -0.363. The van der Waals surface area contributed by atoms with E-state index in [1.807, 2.05) is 0 Å². The molecule has 2 aliphatic rings. The third-order valence-electron chi connectivity index (χ3n) is 6.58. The molecule has 14 nitrogen and oxygen atoms in total. The van der Waals surface area contributed by atoms with Crippen molar-refractivity contribution in [2.75, 3.05) is 33.4 Å². The first-order valence-electron chi connectivity index (χ1n) is 12.6. The zero-order valence-electron chi connectivity index (χ0n) is 21.5. The van der Waals surface area contributed by atoms with Crippen LogP contribution >= 0.6 is 0 Å². The molecule has 2 heterocycles. The van der Waals surface area contributed by atoms with Crippen LogP contribution in [0.1, 0.15) is 39.5 Å². The van der Waals surface area contributed by atoms with Gasteiger partial charge in [-0.1, -0.05) is 0 Å². The van der Waals surface area contributed by atoms with Crippen LogP contribution in [0.15, 0.2) is 0 Å². The van der Waals surface area contributed by atoms with Crippen molar-refractivity contribution in [1.82, 2.24) is 10.2 Å². The summed E-state index contributed by atoms with van der Waals surface area (Å²) in [7, 11) is 1.54. The Hall–Kier alpha value is -1.46. The van der Waals surface area contributed by atoms with Gasteiger partial charge < -0.3 is 59.8 Å². The molecule has 0 spiro atoms. The number of hydrogen-bond acceptors (Lipinski definition) is 12. The molecule has 0 radical (unpaired) electrons. The van der Waals surface area contributed by atoms with Crippen LogP contribution in [-0.4, -0.2) is 142 Å². The van der Waals surface area contributed by atoms with Crippen molar-refractivity contribution in [1.29, 1.82) is 0 Å². The maximum atomic E-state index is 12.9. The van der Waals surface area contributed by atoms with Crippen LogP contribution in [0.4, 0.5) is 0 Å². The predicted octanol–water partition coefficient (Wildman–Crippen LogP) is -3.19. The summed E-state index contributed by atoms with van der Waals surface area (Å²) in [6.45, 7) is 3.07. The molecular weight excluding hydrogens is 496 g/mol. The van der Waals surface area contributed by atoms with Crippen molar-refractivity contribution in [3.63, 3.8) is 0 Å². The molecule has 2 rings (SSSR count). The highest BCUT2D eigenvalue weighted by Gasteiger charge is 2.43. The number of carbonyl (C=O) groups is 2. The number of carbonyl (C=O) groups excluding carboxylic acids is 2. The number of rotatable bonds is 13. The van der Waals surface area contributed by atoms with E-state index >= 15 is 0 Å². The average molecular weight is 539 g/mol. The highest BCUT2D eigenvalue weighted by atomic mass is 16.7. The second-order valence-corrected chi connectivity index (χ2v) is 9.37. The van der Waals surface area contributed by atoms with Crippen LogP contribution in [0.5, 0.6) is 0 Å². The van der Waals surface area contributed by atoms with E-state index in [0.717, 1.165) is 0 Å². The van der Waals surface area contributed by atoms with Gasteiger partial charge in [-0.05, 0) is 26.7 Å². The third-order valence-corrected chi connectivity index (χ3v) is 6.58. The predicted molar refractivity (Wildman–Crippen MR) is 126 cm³/mol. The van der Waals surface area contributed by atoms with Crippen LogP contribution in [0.25, 0.3) is 0 Å². The van der Waals surface area contributed by atoms with Gasteiger partial charge in [0.1, 0.15) is 36.6 Å². The molecule has 0 aromatic rings. The maximum absolute atomic E-state index is 12.9. The first-order chi connectivity index (χ1) is 17.5. The molecule has 10 atom stereocenters. The molecule has 0 unspecified atom stereocenters. The fourth-order valence-electron chi connectivity index (χ4n) is 4.07. The molecule has 0 aromatic heterocycles. The van der Waals surface area contributed by atoms with E-state index in [1.165, 1.54) is 25.8 Å². The summed E-state index contributed by atoms with van der Waals surface area (Å²) in [6, 6.07) is 0. The first-order valence-corrected chi connectivity index (χ1v) is 12.6. The number of unbranched alkanes of at least 4 members (excludes halogenated alkanes) is 1. The Kier molecular flexibility index (Phi) is 13.1. The van der Waals surface area contributed by atoms with E-state index in [1.54, 1.807) is 0 Å². The lowest BCUT2D eigenvalue weighted by Crippen LogP contribution is -2.57. The Bertz CT molecular complexity index is 675. The van der Waals surface area contributed by atoms with E-state index in [4.69, 9.17) is 18.9 Å². The molecule has 7 N–H and O–H groups in total. The topological polar surface area (TPSA) is 208 Å². The maximum Gasteiger partial charge on any atom is 0.222 e. The van der Waals surface area contributed by atoms with E-state index in [-0.39, 0.29) is 44.5 Å². The zero-order valence-corrected chi connectivity index (χ0v) is 21.5. The van der Waals surface area contributed by atoms with E-state index < -0.39 is 61.4 Å². The van der Waals surface area contributed by atoms with Crippen molar-refractivity contribution in [2.45, 2.75) is 101 Å². The summed E-state index contributed by atoms with van der Waals surface area (Å²) in [5, 5.41) is 62.2. The molecule has 2 amide bonds. The smallest absolute Gasteiger partial charge is 0.222 e. The van der Waals surface area contributed by atoms with Gasteiger partial charge >= 0.3 is 0 Å². The van der Waals surface area contributed by atoms with Crippen LogP contribution in [0.3, 0.4) is 0 Å². The number of nitrogens with zero attached hydrogens (tertiary/aromatic N) is 1. The van der Waals surface area contributed by atoms with Gasteiger partial charge in [-0.15, -0.1) is 0 Å². The van der Waals surface area contributed by atoms with Crippen LogP contribution < -0.4 is 5.32 Å². The summed E-state index contributed by atoms with van der Waals surface area (Å²) < 4.78 is 21.9. The molecular formula is C23H42N2O12. The second kappa shape index (κ2) is 15.2. The lowest BCUT2D eigenvalue weighted by molar-refractivity contribution is -0.295. The minimum atomic E-state index is -1.47. The molecule has 2 aliphatic heterocycles. The molecule has 2 fully saturated rings. The van der Waals surface area contributed by atoms with Gasteiger partial charge in [0.15, 0.2) is 12.6 Å². The number of ether oxygens (including phenoxy) is 4. The number of amides is 2. The fraction of sp³-hybridized carbons (Fsp3) is 0.913. The van der Waals surface area contributed by atoms with E-state index in [0.29, 0.717) is 19.3 Å². The highest BCUT2D eigenvalue weighted by molar-refractivity contribution is 5.77. The molecule has 37 heavy (non-hydrogen) atoms. The largest absolute Gasteiger partial charge is 0.388 e. The SMILES string of the molecule is CNC(=O)CCCCC(=O)N(CCO[C@@H]1O[C@@H](C)[C@@H](O)[C@@H](O)[C@@H]1O)CCO[C@@H]1O[C@@H](C)[C@@H](O)[C@@H](O)[C@@H]1O. The normalized spacial score (nSPS) is 36.2. The standard InChI is InChI=1S/C23H42N2O12/c1-12-16(28)18(30)20(32)22(36-12)34-10-8-25(15(27)7-5-4-6-14(26)24-3)9-11-35-23-21(33)19(31)17(29)13(2)37-23/h12-13,16-23,28-33H,4-11H2,1-3H3,(H,24,26)/t12-,13-,16+,17+,18+,19+,20-,21-,22+,23+/m0/s1. The van der Waals surface area contributed by atoms with Crippen molar-refractivity contribution in [3.8, 4) is 0 Å². The van der Waals surface area contributed by atoms with Crippen molar-refractivity contribution in [3.05, 3.63) is 0 Å². The average Bonchev–Trinajstić information content (AvgIpc) is 2.88. The van der Waals surface area contributed by atoms with Gasteiger partial charge in [0.25, 0.3) is 0 Å². The Morgan fingerprint density at radius 1 is 0.730 bits per heavy atom. The molecule has 14 heteroatoms. The van der Waals surface area contributed by atoms with Crippen molar-refractivity contribution >= 4 is 11.8 Å². The first kappa shape index (κ1) is 31.8. The van der Waals surface area contributed by atoms with Crippen LogP contribution in [-0.2, 0) is 28.5 Å². The minimum Gasteiger partial charge on any atom is -0.388 e. The summed E-state index contributed by atoms with van der Waals surface area (Å²) in [5.41, 5.74) is 0. The molecule has 0 aliphatic carbocycles. The van der Waals surface area contributed by atoms with Gasteiger partial charge in [-0.3, -0.25) is 9.59 Å². The lowest BCUT2D eigenvalue weighted by Gasteiger charge is -2.39. The van der Waals surface area contributed by atoms with Gasteiger partial charge in [0, 0.05) is 33.0 Å². The number of aliphatic hydroxyl groups excluding tert-OH is 6. The molecule has 0 aromatic carbocycles. The van der Waals surface area contributed by atoms with Gasteiger partial charge in [-0.25, -0.2) is 0 Å². The van der Waals surface area contributed by atoms with Crippen molar-refractivity contribution in [2.24, 2.45) is 0 Å². The van der Waals surface area contributed by atoms with Gasteiger partial charge in [-0.2, -0.15) is 0 Å². The summed E-state index contributed by atoms with van der Waals surface area (Å²) >= 11 is 0. The Morgan fingerprint density at radius 3 is 1.59 bits per heavy atom. The number of hydrogen-bond donors (Lipinski definition) is 7. The monoisotopic (exact) mass is 538 g/mol. The highest BCUT2D eigenvalue weighted by Crippen LogP contribution is 2.23. The molecule has 0 saturated carbocycles. The van der Waals surface area contributed by atoms with Gasteiger partial charge in [0.2, 0.25) is 11.8 Å². The molecule has 0 bridgehead atoms. The molecule has 216 valence electrons. The minimum absolute atomic E-state index is 0.0638. The van der Waals surface area contributed by atoms with Crippen LogP contribution in [0, 0.1) is 0 Å². The lowest BCUT2D eigenvalue weighted by atomic mass is 10.0. The Morgan fingerprint density at radius 2 is 1.16 bits per heavy atom. The third kappa shape index (κ3) is 9.06. The molecule has 2 saturated heterocycles. The van der Waals surface area contributed by atoms with Crippen molar-refractivity contribution < 1.29 is 59.2 Å². The second-order valence-electron chi connectivity index (χ2n) is 9.37. The van der Waals surface area contributed by atoms with E-state index in [2.05, 4.69) is 5.32 Å². The Balaban J connectivity index is 1.90. The van der Waals surface area contributed by atoms with Crippen LogP contribution in [0.2, 0.25) is 0 Å².